The Bertz CT molecular complexity index is 924. The maximum atomic E-state index is 12.2. The molecule has 0 bridgehead atoms. The number of hydrogen-bond donors (Lipinski definition) is 2. The van der Waals surface area contributed by atoms with Gasteiger partial charge in [0, 0.05) is 17.2 Å². The lowest BCUT2D eigenvalue weighted by atomic mass is 10.1. The molecular formula is C17H14O5. The molecule has 112 valence electrons. The van der Waals surface area contributed by atoms with Crippen molar-refractivity contribution < 1.29 is 19.4 Å². The first-order chi connectivity index (χ1) is 10.5. The van der Waals surface area contributed by atoms with Gasteiger partial charge < -0.3 is 19.4 Å². The lowest BCUT2D eigenvalue weighted by molar-refractivity contribution is 0.373. The molecule has 2 N–H and O–H groups in total. The molecule has 2 aromatic carbocycles. The molecule has 5 nitrogen and oxygen atoms in total. The van der Waals surface area contributed by atoms with Crippen molar-refractivity contribution >= 4 is 11.0 Å². The second-order valence-corrected chi connectivity index (χ2v) is 4.95. The van der Waals surface area contributed by atoms with Gasteiger partial charge in [-0.25, -0.2) is 0 Å². The van der Waals surface area contributed by atoms with Gasteiger partial charge in [0.15, 0.2) is 16.9 Å². The van der Waals surface area contributed by atoms with Crippen LogP contribution in [-0.2, 0) is 0 Å². The number of rotatable bonds is 2. The van der Waals surface area contributed by atoms with Gasteiger partial charge in [0.25, 0.3) is 0 Å². The van der Waals surface area contributed by atoms with Crippen LogP contribution < -0.4 is 10.2 Å². The quantitative estimate of drug-likeness (QED) is 0.759. The zero-order chi connectivity index (χ0) is 15.9. The van der Waals surface area contributed by atoms with Crippen molar-refractivity contribution in [3.8, 4) is 28.6 Å². The van der Waals surface area contributed by atoms with Crippen molar-refractivity contribution in [3.63, 3.8) is 0 Å². The van der Waals surface area contributed by atoms with E-state index >= 15 is 0 Å². The van der Waals surface area contributed by atoms with E-state index in [4.69, 9.17) is 9.15 Å². The van der Waals surface area contributed by atoms with Crippen molar-refractivity contribution in [1.82, 2.24) is 0 Å². The van der Waals surface area contributed by atoms with Gasteiger partial charge >= 0.3 is 0 Å². The summed E-state index contributed by atoms with van der Waals surface area (Å²) in [7, 11) is 1.44. The van der Waals surface area contributed by atoms with E-state index < -0.39 is 0 Å². The molecule has 0 spiro atoms. The molecule has 0 radical (unpaired) electrons. The summed E-state index contributed by atoms with van der Waals surface area (Å²) in [4.78, 5) is 12.2. The highest BCUT2D eigenvalue weighted by Gasteiger charge is 2.12. The van der Waals surface area contributed by atoms with Gasteiger partial charge in [-0.3, -0.25) is 4.79 Å². The predicted molar refractivity (Wildman–Crippen MR) is 82.5 cm³/mol. The summed E-state index contributed by atoms with van der Waals surface area (Å²) < 4.78 is 10.8. The van der Waals surface area contributed by atoms with Crippen LogP contribution in [0.4, 0.5) is 0 Å². The third-order valence-electron chi connectivity index (χ3n) is 3.58. The Morgan fingerprint density at radius 1 is 1.05 bits per heavy atom. The fraction of sp³-hybridized carbons (Fsp3) is 0.118. The lowest BCUT2D eigenvalue weighted by Gasteiger charge is -2.08. The number of ether oxygens (including phenoxy) is 1. The minimum atomic E-state index is -0.202. The monoisotopic (exact) mass is 298 g/mol. The van der Waals surface area contributed by atoms with Crippen LogP contribution in [-0.4, -0.2) is 17.3 Å². The minimum Gasteiger partial charge on any atom is -0.508 e. The van der Waals surface area contributed by atoms with Crippen molar-refractivity contribution in [2.75, 3.05) is 7.11 Å². The molecule has 0 aliphatic heterocycles. The van der Waals surface area contributed by atoms with Crippen LogP contribution in [0, 0.1) is 6.92 Å². The molecule has 0 aliphatic carbocycles. The number of fused-ring (bicyclic) bond motifs is 1. The second-order valence-electron chi connectivity index (χ2n) is 4.95. The summed E-state index contributed by atoms with van der Waals surface area (Å²) >= 11 is 0. The highest BCUT2D eigenvalue weighted by atomic mass is 16.5. The van der Waals surface area contributed by atoms with Gasteiger partial charge in [0.05, 0.1) is 12.5 Å². The number of aryl methyl sites for hydroxylation is 1. The summed E-state index contributed by atoms with van der Waals surface area (Å²) in [6.07, 6.45) is 0. The van der Waals surface area contributed by atoms with Crippen molar-refractivity contribution in [2.45, 2.75) is 6.92 Å². The third-order valence-corrected chi connectivity index (χ3v) is 3.58. The van der Waals surface area contributed by atoms with Crippen molar-refractivity contribution in [3.05, 3.63) is 52.2 Å². The summed E-state index contributed by atoms with van der Waals surface area (Å²) in [6.45, 7) is 1.68. The van der Waals surface area contributed by atoms with Gasteiger partial charge in [-0.05, 0) is 37.3 Å². The number of hydrogen-bond acceptors (Lipinski definition) is 5. The lowest BCUT2D eigenvalue weighted by Crippen LogP contribution is -2.01. The second kappa shape index (κ2) is 5.11. The van der Waals surface area contributed by atoms with E-state index in [2.05, 4.69) is 0 Å². The smallest absolute Gasteiger partial charge is 0.193 e. The van der Waals surface area contributed by atoms with Crippen LogP contribution in [0.2, 0.25) is 0 Å². The van der Waals surface area contributed by atoms with Gasteiger partial charge in [-0.1, -0.05) is 0 Å². The topological polar surface area (TPSA) is 79.9 Å². The van der Waals surface area contributed by atoms with Crippen LogP contribution >= 0.6 is 0 Å². The highest BCUT2D eigenvalue weighted by molar-refractivity contribution is 5.83. The largest absolute Gasteiger partial charge is 0.508 e. The maximum Gasteiger partial charge on any atom is 0.193 e. The summed E-state index contributed by atoms with van der Waals surface area (Å²) in [6, 6.07) is 9.05. The molecule has 0 atom stereocenters. The van der Waals surface area contributed by atoms with Gasteiger partial charge in [-0.15, -0.1) is 0 Å². The Balaban J connectivity index is 2.28. The maximum absolute atomic E-state index is 12.2. The predicted octanol–water partition coefficient (Wildman–Crippen LogP) is 3.19. The Labute approximate surface area is 126 Å². The number of benzene rings is 2. The molecule has 5 heteroatoms. The first-order valence-electron chi connectivity index (χ1n) is 6.65. The van der Waals surface area contributed by atoms with E-state index in [-0.39, 0.29) is 22.7 Å². The average molecular weight is 298 g/mol. The van der Waals surface area contributed by atoms with E-state index in [1.807, 2.05) is 0 Å². The summed E-state index contributed by atoms with van der Waals surface area (Å²) in [5.74, 6) is 0.691. The number of phenols is 2. The molecular weight excluding hydrogens is 284 g/mol. The van der Waals surface area contributed by atoms with Crippen LogP contribution in [0.15, 0.2) is 45.6 Å². The SMILES string of the molecule is COc1cc(-c2cc(=O)c3ccc(O)c(C)c3o2)ccc1O. The number of methoxy groups -OCH3 is 1. The zero-order valence-corrected chi connectivity index (χ0v) is 12.1. The minimum absolute atomic E-state index is 0.00297. The Kier molecular flexibility index (Phi) is 3.25. The molecule has 0 unspecified atom stereocenters. The molecule has 1 aromatic heterocycles. The average Bonchev–Trinajstić information content (AvgIpc) is 2.51. The van der Waals surface area contributed by atoms with Crippen molar-refractivity contribution in [2.24, 2.45) is 0 Å². The van der Waals surface area contributed by atoms with Crippen LogP contribution in [0.3, 0.4) is 0 Å². The first kappa shape index (κ1) is 14.0. The molecule has 3 aromatic rings. The van der Waals surface area contributed by atoms with Gasteiger partial charge in [-0.2, -0.15) is 0 Å². The molecule has 0 amide bonds. The van der Waals surface area contributed by atoms with Gasteiger partial charge in [0.2, 0.25) is 0 Å². The fourth-order valence-electron chi connectivity index (χ4n) is 2.32. The fourth-order valence-corrected chi connectivity index (χ4v) is 2.32. The molecule has 0 saturated heterocycles. The Hall–Kier alpha value is -2.95. The molecule has 0 aliphatic rings. The normalized spacial score (nSPS) is 10.8. The Morgan fingerprint density at radius 3 is 2.50 bits per heavy atom. The van der Waals surface area contributed by atoms with Crippen LogP contribution in [0.5, 0.6) is 17.2 Å². The number of aromatic hydroxyl groups is 2. The molecule has 22 heavy (non-hydrogen) atoms. The number of phenolic OH excluding ortho intramolecular Hbond substituents is 2. The molecule has 0 fully saturated rings. The molecule has 0 saturated carbocycles. The summed E-state index contributed by atoms with van der Waals surface area (Å²) in [5, 5.41) is 19.8. The van der Waals surface area contributed by atoms with Crippen LogP contribution in [0.1, 0.15) is 5.56 Å². The zero-order valence-electron chi connectivity index (χ0n) is 12.1. The highest BCUT2D eigenvalue weighted by Crippen LogP contribution is 2.33. The van der Waals surface area contributed by atoms with Crippen LogP contribution in [0.25, 0.3) is 22.3 Å². The van der Waals surface area contributed by atoms with E-state index in [9.17, 15) is 15.0 Å². The summed E-state index contributed by atoms with van der Waals surface area (Å²) in [5.41, 5.74) is 1.24. The Morgan fingerprint density at radius 2 is 1.77 bits per heavy atom. The standard InChI is InChI=1S/C17H14O5/c1-9-12(18)6-4-11-14(20)8-15(22-17(9)11)10-3-5-13(19)16(7-10)21-2/h3-8,18-19H,1-2H3. The van der Waals surface area contributed by atoms with Crippen molar-refractivity contribution in [1.29, 1.82) is 0 Å². The molecule has 1 heterocycles. The van der Waals surface area contributed by atoms with Gasteiger partial charge in [0.1, 0.15) is 17.1 Å². The molecule has 3 rings (SSSR count). The van der Waals surface area contributed by atoms with E-state index in [0.717, 1.165) is 0 Å². The van der Waals surface area contributed by atoms with E-state index in [1.54, 1.807) is 19.1 Å². The first-order valence-corrected chi connectivity index (χ1v) is 6.65. The van der Waals surface area contributed by atoms with E-state index in [0.29, 0.717) is 27.9 Å². The third kappa shape index (κ3) is 2.16. The van der Waals surface area contributed by atoms with E-state index in [1.165, 1.54) is 31.4 Å².